The predicted octanol–water partition coefficient (Wildman–Crippen LogP) is 2.53. The maximum Gasteiger partial charge on any atom is 0.270 e. The van der Waals surface area contributed by atoms with Gasteiger partial charge in [-0.05, 0) is 6.26 Å². The molecule has 0 unspecified atom stereocenters. The van der Waals surface area contributed by atoms with Gasteiger partial charge in [0.1, 0.15) is 0 Å². The summed E-state index contributed by atoms with van der Waals surface area (Å²) in [6, 6.07) is 5.84. The van der Waals surface area contributed by atoms with E-state index >= 15 is 0 Å². The third-order valence-corrected chi connectivity index (χ3v) is 2.52. The van der Waals surface area contributed by atoms with E-state index in [0.29, 0.717) is 12.0 Å². The van der Waals surface area contributed by atoms with Crippen LogP contribution in [0, 0.1) is 10.1 Å². The molecule has 0 aliphatic carbocycles. The number of carbonyl (C=O) groups excluding carboxylic acids is 1. The summed E-state index contributed by atoms with van der Waals surface area (Å²) in [5.74, 6) is 0.690. The average molecular weight is 225 g/mol. The zero-order chi connectivity index (χ0) is 11.3. The summed E-state index contributed by atoms with van der Waals surface area (Å²) in [4.78, 5) is 21.5. The lowest BCUT2D eigenvalue weighted by molar-refractivity contribution is -0.384. The molecule has 5 heteroatoms. The number of nitro groups is 1. The van der Waals surface area contributed by atoms with Crippen molar-refractivity contribution in [2.45, 2.75) is 6.42 Å². The second-order valence-corrected chi connectivity index (χ2v) is 3.96. The molecule has 0 bridgehead atoms. The Morgan fingerprint density at radius 2 is 2.27 bits per heavy atom. The van der Waals surface area contributed by atoms with E-state index in [2.05, 4.69) is 0 Å². The lowest BCUT2D eigenvalue weighted by Crippen LogP contribution is -2.01. The van der Waals surface area contributed by atoms with Gasteiger partial charge in [0.15, 0.2) is 5.78 Å². The summed E-state index contributed by atoms with van der Waals surface area (Å²) in [6.45, 7) is 0. The fraction of sp³-hybridized carbons (Fsp3) is 0.300. The van der Waals surface area contributed by atoms with Crippen LogP contribution in [0.5, 0.6) is 0 Å². The minimum atomic E-state index is -0.495. The number of carbonyl (C=O) groups is 1. The molecule has 1 rings (SSSR count). The Hall–Kier alpha value is -1.36. The average Bonchev–Trinajstić information content (AvgIpc) is 2.26. The SMILES string of the molecule is CSCCC(=O)c1cccc([N+](=O)[O-])c1. The first-order chi connectivity index (χ1) is 7.15. The number of nitro benzene ring substituents is 1. The molecule has 80 valence electrons. The van der Waals surface area contributed by atoms with Crippen LogP contribution in [-0.2, 0) is 0 Å². The standard InChI is InChI=1S/C10H11NO3S/c1-15-6-5-10(12)8-3-2-4-9(7-8)11(13)14/h2-4,7H,5-6H2,1H3. The fourth-order valence-corrected chi connectivity index (χ4v) is 1.52. The Bertz CT molecular complexity index is 379. The summed E-state index contributed by atoms with van der Waals surface area (Å²) in [5.41, 5.74) is 0.378. The van der Waals surface area contributed by atoms with Gasteiger partial charge in [0, 0.05) is 29.9 Å². The van der Waals surface area contributed by atoms with Crippen LogP contribution in [-0.4, -0.2) is 22.7 Å². The third kappa shape index (κ3) is 3.36. The lowest BCUT2D eigenvalue weighted by atomic mass is 10.1. The first-order valence-electron chi connectivity index (χ1n) is 4.41. The van der Waals surface area contributed by atoms with Crippen molar-refractivity contribution < 1.29 is 9.72 Å². The summed E-state index contributed by atoms with van der Waals surface area (Å²) >= 11 is 1.58. The van der Waals surface area contributed by atoms with Crippen LogP contribution in [0.3, 0.4) is 0 Å². The largest absolute Gasteiger partial charge is 0.294 e. The number of hydrogen-bond donors (Lipinski definition) is 0. The fourth-order valence-electron chi connectivity index (χ4n) is 1.13. The molecule has 0 saturated carbocycles. The van der Waals surface area contributed by atoms with Gasteiger partial charge in [-0.3, -0.25) is 14.9 Å². The Balaban J connectivity index is 2.81. The molecular weight excluding hydrogens is 214 g/mol. The Morgan fingerprint density at radius 1 is 1.53 bits per heavy atom. The van der Waals surface area contributed by atoms with Crippen molar-refractivity contribution >= 4 is 23.2 Å². The zero-order valence-electron chi connectivity index (χ0n) is 8.30. The van der Waals surface area contributed by atoms with Crippen LogP contribution in [0.25, 0.3) is 0 Å². The molecule has 0 radical (unpaired) electrons. The molecule has 1 aromatic rings. The molecule has 1 aromatic carbocycles. The highest BCUT2D eigenvalue weighted by atomic mass is 32.2. The first-order valence-corrected chi connectivity index (χ1v) is 5.81. The monoisotopic (exact) mass is 225 g/mol. The molecule has 0 aliphatic rings. The molecule has 15 heavy (non-hydrogen) atoms. The molecule has 0 spiro atoms. The Kier molecular flexibility index (Phi) is 4.30. The molecule has 4 nitrogen and oxygen atoms in total. The number of rotatable bonds is 5. The highest BCUT2D eigenvalue weighted by Gasteiger charge is 2.10. The van der Waals surface area contributed by atoms with Crippen LogP contribution in [0.15, 0.2) is 24.3 Å². The normalized spacial score (nSPS) is 9.93. The summed E-state index contributed by atoms with van der Waals surface area (Å²) in [5, 5.41) is 10.5. The van der Waals surface area contributed by atoms with Crippen LogP contribution in [0.4, 0.5) is 5.69 Å². The second kappa shape index (κ2) is 5.50. The van der Waals surface area contributed by atoms with Crippen LogP contribution in [0.1, 0.15) is 16.8 Å². The molecule has 0 aliphatic heterocycles. The van der Waals surface area contributed by atoms with E-state index in [1.54, 1.807) is 17.8 Å². The molecule has 0 N–H and O–H groups in total. The van der Waals surface area contributed by atoms with Crippen molar-refractivity contribution in [1.29, 1.82) is 0 Å². The van der Waals surface area contributed by atoms with E-state index in [4.69, 9.17) is 0 Å². The van der Waals surface area contributed by atoms with Gasteiger partial charge < -0.3 is 0 Å². The van der Waals surface area contributed by atoms with Crippen molar-refractivity contribution in [3.63, 3.8) is 0 Å². The van der Waals surface area contributed by atoms with E-state index < -0.39 is 4.92 Å². The van der Waals surface area contributed by atoms with Crippen molar-refractivity contribution in [2.24, 2.45) is 0 Å². The highest BCUT2D eigenvalue weighted by Crippen LogP contribution is 2.15. The number of Topliss-reactive ketones (excluding diaryl/α,β-unsaturated/α-hetero) is 1. The molecule has 0 heterocycles. The van der Waals surface area contributed by atoms with Gasteiger partial charge in [-0.25, -0.2) is 0 Å². The van der Waals surface area contributed by atoms with Gasteiger partial charge >= 0.3 is 0 Å². The molecule has 0 saturated heterocycles. The molecule has 0 fully saturated rings. The smallest absolute Gasteiger partial charge is 0.270 e. The maximum atomic E-state index is 11.5. The topological polar surface area (TPSA) is 60.2 Å². The summed E-state index contributed by atoms with van der Waals surface area (Å²) in [7, 11) is 0. The van der Waals surface area contributed by atoms with Crippen molar-refractivity contribution in [1.82, 2.24) is 0 Å². The van der Waals surface area contributed by atoms with Crippen LogP contribution in [0.2, 0.25) is 0 Å². The number of thioether (sulfide) groups is 1. The van der Waals surface area contributed by atoms with E-state index in [-0.39, 0.29) is 11.5 Å². The minimum Gasteiger partial charge on any atom is -0.294 e. The lowest BCUT2D eigenvalue weighted by Gasteiger charge is -1.99. The predicted molar refractivity (Wildman–Crippen MR) is 60.4 cm³/mol. The van der Waals surface area contributed by atoms with Crippen molar-refractivity contribution in [2.75, 3.05) is 12.0 Å². The van der Waals surface area contributed by atoms with E-state index in [1.807, 2.05) is 6.26 Å². The number of non-ortho nitro benzene ring substituents is 1. The Morgan fingerprint density at radius 3 is 2.87 bits per heavy atom. The van der Waals surface area contributed by atoms with E-state index in [9.17, 15) is 14.9 Å². The number of benzene rings is 1. The van der Waals surface area contributed by atoms with Gasteiger partial charge in [-0.15, -0.1) is 0 Å². The van der Waals surface area contributed by atoms with Gasteiger partial charge in [0.2, 0.25) is 0 Å². The number of hydrogen-bond acceptors (Lipinski definition) is 4. The van der Waals surface area contributed by atoms with Gasteiger partial charge in [-0.2, -0.15) is 11.8 Å². The Labute approximate surface area is 91.8 Å². The molecule has 0 aromatic heterocycles. The number of ketones is 1. The molecular formula is C10H11NO3S. The van der Waals surface area contributed by atoms with Crippen molar-refractivity contribution in [3.05, 3.63) is 39.9 Å². The highest BCUT2D eigenvalue weighted by molar-refractivity contribution is 7.98. The maximum absolute atomic E-state index is 11.5. The van der Waals surface area contributed by atoms with E-state index in [0.717, 1.165) is 5.75 Å². The van der Waals surface area contributed by atoms with Gasteiger partial charge in [0.25, 0.3) is 5.69 Å². The summed E-state index contributed by atoms with van der Waals surface area (Å²) in [6.07, 6.45) is 2.34. The number of nitrogens with zero attached hydrogens (tertiary/aromatic N) is 1. The van der Waals surface area contributed by atoms with Crippen LogP contribution >= 0.6 is 11.8 Å². The van der Waals surface area contributed by atoms with Gasteiger partial charge in [-0.1, -0.05) is 12.1 Å². The van der Waals surface area contributed by atoms with Gasteiger partial charge in [0.05, 0.1) is 4.92 Å². The quantitative estimate of drug-likeness (QED) is 0.439. The third-order valence-electron chi connectivity index (χ3n) is 1.91. The minimum absolute atomic E-state index is 0.0370. The first kappa shape index (κ1) is 11.7. The molecule has 0 amide bonds. The zero-order valence-corrected chi connectivity index (χ0v) is 9.12. The second-order valence-electron chi connectivity index (χ2n) is 2.97. The molecule has 0 atom stereocenters. The van der Waals surface area contributed by atoms with E-state index in [1.165, 1.54) is 18.2 Å². The van der Waals surface area contributed by atoms with Crippen molar-refractivity contribution in [3.8, 4) is 0 Å². The summed E-state index contributed by atoms with van der Waals surface area (Å²) < 4.78 is 0. The van der Waals surface area contributed by atoms with Crippen LogP contribution < -0.4 is 0 Å².